The topological polar surface area (TPSA) is 64.0 Å². The first-order valence-corrected chi connectivity index (χ1v) is 9.36. The van der Waals surface area contributed by atoms with E-state index in [1.54, 1.807) is 6.20 Å². The Morgan fingerprint density at radius 3 is 2.64 bits per heavy atom. The van der Waals surface area contributed by atoms with Crippen LogP contribution in [0.15, 0.2) is 58.6 Å². The van der Waals surface area contributed by atoms with Gasteiger partial charge in [0, 0.05) is 24.1 Å². The van der Waals surface area contributed by atoms with Crippen LogP contribution < -0.4 is 10.9 Å². The van der Waals surface area contributed by atoms with Gasteiger partial charge in [0.2, 0.25) is 5.91 Å². The summed E-state index contributed by atoms with van der Waals surface area (Å²) in [6.07, 6.45) is 3.04. The van der Waals surface area contributed by atoms with Crippen LogP contribution in [-0.4, -0.2) is 21.2 Å². The molecule has 0 aliphatic carbocycles. The summed E-state index contributed by atoms with van der Waals surface area (Å²) in [5, 5.41) is 2.50. The second kappa shape index (κ2) is 8.35. The maximum atomic E-state index is 13.6. The lowest BCUT2D eigenvalue weighted by Crippen LogP contribution is -2.22. The highest BCUT2D eigenvalue weighted by Gasteiger charge is 2.12. The molecule has 1 amide bonds. The van der Waals surface area contributed by atoms with E-state index in [-0.39, 0.29) is 22.0 Å². The largest absolute Gasteiger partial charge is 0.323 e. The third kappa shape index (κ3) is 4.45. The van der Waals surface area contributed by atoms with Crippen LogP contribution in [0.4, 0.5) is 14.5 Å². The van der Waals surface area contributed by atoms with Crippen molar-refractivity contribution in [3.05, 3.63) is 81.9 Å². The monoisotopic (exact) mass is 401 g/mol. The van der Waals surface area contributed by atoms with Gasteiger partial charge in [-0.05, 0) is 49.2 Å². The van der Waals surface area contributed by atoms with Crippen LogP contribution >= 0.6 is 11.8 Å². The lowest BCUT2D eigenvalue weighted by atomic mass is 10.1. The third-order valence-electron chi connectivity index (χ3n) is 4.12. The number of benzene rings is 2. The third-order valence-corrected chi connectivity index (χ3v) is 5.08. The van der Waals surface area contributed by atoms with Gasteiger partial charge in [-0.2, -0.15) is 0 Å². The van der Waals surface area contributed by atoms with E-state index < -0.39 is 17.5 Å². The predicted molar refractivity (Wildman–Crippen MR) is 105 cm³/mol. The summed E-state index contributed by atoms with van der Waals surface area (Å²) < 4.78 is 28.0. The molecular formula is C20H17F2N3O2S. The van der Waals surface area contributed by atoms with Gasteiger partial charge < -0.3 is 5.32 Å². The molecule has 3 rings (SSSR count). The van der Waals surface area contributed by atoms with Gasteiger partial charge in [-0.3, -0.25) is 14.2 Å². The second-order valence-corrected chi connectivity index (χ2v) is 7.10. The maximum absolute atomic E-state index is 13.6. The van der Waals surface area contributed by atoms with E-state index in [0.29, 0.717) is 11.8 Å². The van der Waals surface area contributed by atoms with E-state index in [9.17, 15) is 18.4 Å². The van der Waals surface area contributed by atoms with Crippen molar-refractivity contribution >= 4 is 23.4 Å². The molecule has 5 nitrogen and oxygen atoms in total. The molecule has 0 unspecified atom stereocenters. The van der Waals surface area contributed by atoms with Gasteiger partial charge in [-0.1, -0.05) is 17.8 Å². The zero-order valence-electron chi connectivity index (χ0n) is 15.2. The minimum Gasteiger partial charge on any atom is -0.323 e. The SMILES string of the molecule is Cc1ccc(-n2ccnc(SCC(=O)Nc3ccc(F)cc3F)c2=O)cc1C. The Labute approximate surface area is 164 Å². The number of carbonyl (C=O) groups is 1. The standard InChI is InChI=1S/C20H17F2N3O2S/c1-12-3-5-15(9-13(12)2)25-8-7-23-19(20(25)27)28-11-18(26)24-17-6-4-14(21)10-16(17)22/h3-10H,11H2,1-2H3,(H,24,26). The molecule has 0 saturated heterocycles. The predicted octanol–water partition coefficient (Wildman–Crippen LogP) is 3.86. The summed E-state index contributed by atoms with van der Waals surface area (Å²) in [4.78, 5) is 28.8. The van der Waals surface area contributed by atoms with Crippen molar-refractivity contribution in [1.29, 1.82) is 0 Å². The number of thioether (sulfide) groups is 1. The lowest BCUT2D eigenvalue weighted by Gasteiger charge is -2.10. The van der Waals surface area contributed by atoms with Crippen LogP contribution in [0.5, 0.6) is 0 Å². The normalized spacial score (nSPS) is 10.7. The van der Waals surface area contributed by atoms with Gasteiger partial charge in [-0.25, -0.2) is 13.8 Å². The molecule has 3 aromatic rings. The van der Waals surface area contributed by atoms with Crippen LogP contribution in [0.3, 0.4) is 0 Å². The first kappa shape index (κ1) is 19.8. The van der Waals surface area contributed by atoms with Gasteiger partial charge in [0.05, 0.1) is 11.4 Å². The molecule has 0 fully saturated rings. The average molecular weight is 401 g/mol. The van der Waals surface area contributed by atoms with Crippen molar-refractivity contribution in [1.82, 2.24) is 9.55 Å². The fourth-order valence-electron chi connectivity index (χ4n) is 2.48. The molecule has 8 heteroatoms. The van der Waals surface area contributed by atoms with Crippen LogP contribution in [0.25, 0.3) is 5.69 Å². The summed E-state index contributed by atoms with van der Waals surface area (Å²) in [5.41, 5.74) is 2.40. The number of halogens is 2. The fraction of sp³-hybridized carbons (Fsp3) is 0.150. The smallest absolute Gasteiger partial charge is 0.287 e. The van der Waals surface area contributed by atoms with Crippen LogP contribution in [0.1, 0.15) is 11.1 Å². The molecule has 1 N–H and O–H groups in total. The number of nitrogens with zero attached hydrogens (tertiary/aromatic N) is 2. The Morgan fingerprint density at radius 1 is 1.14 bits per heavy atom. The number of amides is 1. The van der Waals surface area contributed by atoms with Gasteiger partial charge in [-0.15, -0.1) is 0 Å². The van der Waals surface area contributed by atoms with E-state index in [1.807, 2.05) is 32.0 Å². The number of hydrogen-bond donors (Lipinski definition) is 1. The van der Waals surface area contributed by atoms with Crippen molar-refractivity contribution in [3.8, 4) is 5.69 Å². The van der Waals surface area contributed by atoms with Gasteiger partial charge in [0.1, 0.15) is 11.6 Å². The molecule has 0 aliphatic heterocycles. The van der Waals surface area contributed by atoms with Gasteiger partial charge in [0.25, 0.3) is 5.56 Å². The highest BCUT2D eigenvalue weighted by molar-refractivity contribution is 7.99. The Kier molecular flexibility index (Phi) is 5.89. The summed E-state index contributed by atoms with van der Waals surface area (Å²) in [7, 11) is 0. The number of carbonyl (C=O) groups excluding carboxylic acids is 1. The highest BCUT2D eigenvalue weighted by Crippen LogP contribution is 2.17. The average Bonchev–Trinajstić information content (AvgIpc) is 2.65. The molecule has 28 heavy (non-hydrogen) atoms. The number of hydrogen-bond acceptors (Lipinski definition) is 4. The van der Waals surface area contributed by atoms with Crippen molar-refractivity contribution < 1.29 is 13.6 Å². The summed E-state index contributed by atoms with van der Waals surface area (Å²) in [5.74, 6) is -2.27. The Bertz CT molecular complexity index is 1100. The summed E-state index contributed by atoms with van der Waals surface area (Å²) in [6.45, 7) is 3.94. The van der Waals surface area contributed by atoms with Gasteiger partial charge >= 0.3 is 0 Å². The van der Waals surface area contributed by atoms with Gasteiger partial charge in [0.15, 0.2) is 5.03 Å². The van der Waals surface area contributed by atoms with Crippen molar-refractivity contribution in [2.75, 3.05) is 11.1 Å². The first-order chi connectivity index (χ1) is 13.3. The number of nitrogens with one attached hydrogen (secondary N) is 1. The second-order valence-electron chi connectivity index (χ2n) is 6.14. The zero-order valence-corrected chi connectivity index (χ0v) is 16.0. The molecule has 0 aliphatic rings. The highest BCUT2D eigenvalue weighted by atomic mass is 32.2. The molecule has 0 radical (unpaired) electrons. The van der Waals surface area contributed by atoms with Crippen LogP contribution in [0, 0.1) is 25.5 Å². The molecule has 144 valence electrons. The number of aromatic nitrogens is 2. The summed E-state index contributed by atoms with van der Waals surface area (Å²) >= 11 is 0.947. The molecular weight excluding hydrogens is 384 g/mol. The van der Waals surface area contributed by atoms with Crippen molar-refractivity contribution in [2.45, 2.75) is 18.9 Å². The van der Waals surface area contributed by atoms with E-state index >= 15 is 0 Å². The fourth-order valence-corrected chi connectivity index (χ4v) is 3.18. The van der Waals surface area contributed by atoms with Crippen LogP contribution in [0.2, 0.25) is 0 Å². The van der Waals surface area contributed by atoms with Crippen molar-refractivity contribution in [2.24, 2.45) is 0 Å². The Morgan fingerprint density at radius 2 is 1.93 bits per heavy atom. The quantitative estimate of drug-likeness (QED) is 0.660. The lowest BCUT2D eigenvalue weighted by molar-refractivity contribution is -0.113. The minimum atomic E-state index is -0.867. The number of rotatable bonds is 5. The zero-order chi connectivity index (χ0) is 20.3. The van der Waals surface area contributed by atoms with E-state index in [2.05, 4.69) is 10.3 Å². The molecule has 1 heterocycles. The molecule has 1 aromatic heterocycles. The first-order valence-electron chi connectivity index (χ1n) is 8.38. The maximum Gasteiger partial charge on any atom is 0.287 e. The molecule has 0 saturated carbocycles. The van der Waals surface area contributed by atoms with E-state index in [1.165, 1.54) is 10.8 Å². The Balaban J connectivity index is 1.73. The number of aryl methyl sites for hydroxylation is 2. The van der Waals surface area contributed by atoms with E-state index in [0.717, 1.165) is 35.0 Å². The van der Waals surface area contributed by atoms with Crippen LogP contribution in [-0.2, 0) is 4.79 Å². The Hall–Kier alpha value is -3.00. The summed E-state index contributed by atoms with van der Waals surface area (Å²) in [6, 6.07) is 8.53. The van der Waals surface area contributed by atoms with E-state index in [4.69, 9.17) is 0 Å². The molecule has 0 spiro atoms. The number of anilines is 1. The van der Waals surface area contributed by atoms with Crippen molar-refractivity contribution in [3.63, 3.8) is 0 Å². The minimum absolute atomic E-state index is 0.124. The molecule has 2 aromatic carbocycles. The molecule has 0 atom stereocenters. The molecule has 0 bridgehead atoms.